The Bertz CT molecular complexity index is 605. The Balaban J connectivity index is 0.000000231. The van der Waals surface area contributed by atoms with E-state index >= 15 is 0 Å². The van der Waals surface area contributed by atoms with E-state index in [9.17, 15) is 4.89 Å². The van der Waals surface area contributed by atoms with Crippen LogP contribution in [-0.4, -0.2) is 6.61 Å². The van der Waals surface area contributed by atoms with Crippen molar-refractivity contribution in [2.75, 3.05) is 6.61 Å². The average molecular weight is 351 g/mol. The van der Waals surface area contributed by atoms with E-state index in [4.69, 9.17) is 16.3 Å². The van der Waals surface area contributed by atoms with Gasteiger partial charge >= 0.3 is 0 Å². The third kappa shape index (κ3) is 6.94. The average Bonchev–Trinajstić information content (AvgIpc) is 2.56. The first-order valence-electron chi connectivity index (χ1n) is 7.77. The van der Waals surface area contributed by atoms with Gasteiger partial charge in [0.05, 0.1) is 0 Å². The lowest BCUT2D eigenvalue weighted by atomic mass is 9.97. The Morgan fingerprint density at radius 3 is 1.96 bits per heavy atom. The minimum absolute atomic E-state index is 0.385. The molecule has 0 spiro atoms. The fraction of sp³-hybridized carbons (Fsp3) is 0.333. The Morgan fingerprint density at radius 2 is 1.52 bits per heavy atom. The van der Waals surface area contributed by atoms with Crippen LogP contribution in [0.3, 0.4) is 0 Å². The van der Waals surface area contributed by atoms with E-state index in [0.29, 0.717) is 23.9 Å². The summed E-state index contributed by atoms with van der Waals surface area (Å²) < 4.78 is 4.99. The number of hydrogen-bond acceptors (Lipinski definition) is 3. The van der Waals surface area contributed by atoms with Gasteiger partial charge < -0.3 is 15.2 Å². The molecule has 5 heteroatoms. The Hall–Kier alpha value is -1.03. The highest BCUT2D eigenvalue weighted by molar-refractivity contribution is 8.12. The lowest BCUT2D eigenvalue weighted by Crippen LogP contribution is -2.55. The van der Waals surface area contributed by atoms with E-state index in [2.05, 4.69) is 43.8 Å². The smallest absolute Gasteiger partial charge is 0.112 e. The van der Waals surface area contributed by atoms with Crippen LogP contribution in [-0.2, 0) is 16.3 Å². The molecule has 0 aromatic heterocycles. The van der Waals surface area contributed by atoms with Crippen molar-refractivity contribution in [2.24, 2.45) is 5.92 Å². The molecule has 23 heavy (non-hydrogen) atoms. The van der Waals surface area contributed by atoms with Gasteiger partial charge in [-0.1, -0.05) is 86.3 Å². The first kappa shape index (κ1) is 20.0. The molecule has 0 aliphatic rings. The van der Waals surface area contributed by atoms with Crippen molar-refractivity contribution in [3.05, 3.63) is 66.2 Å². The predicted octanol–water partition coefficient (Wildman–Crippen LogP) is 2.64. The van der Waals surface area contributed by atoms with Gasteiger partial charge in [-0.3, -0.25) is 0 Å². The van der Waals surface area contributed by atoms with Crippen LogP contribution in [0.2, 0.25) is 0 Å². The van der Waals surface area contributed by atoms with E-state index in [-0.39, 0.29) is 0 Å². The van der Waals surface area contributed by atoms with E-state index in [1.165, 1.54) is 5.56 Å². The normalized spacial score (nSPS) is 14.5. The highest BCUT2D eigenvalue weighted by Crippen LogP contribution is 2.35. The summed E-state index contributed by atoms with van der Waals surface area (Å²) in [5.74, 6) is 0.623. The summed E-state index contributed by atoms with van der Waals surface area (Å²) in [6, 6.07) is 19.8. The van der Waals surface area contributed by atoms with Gasteiger partial charge in [-0.05, 0) is 12.2 Å². The minimum atomic E-state index is -2.96. The Kier molecular flexibility index (Phi) is 8.67. The summed E-state index contributed by atoms with van der Waals surface area (Å²) in [6.07, 6.45) is 0. The molecular weight excluding hydrogens is 325 g/mol. The molecule has 0 aliphatic carbocycles. The molecule has 2 aromatic rings. The number of rotatable bonds is 5. The molecule has 0 heterocycles. The molecule has 0 saturated carbocycles. The summed E-state index contributed by atoms with van der Waals surface area (Å²) in [7, 11) is 0. The minimum Gasteiger partial charge on any atom is -0.797 e. The van der Waals surface area contributed by atoms with Gasteiger partial charge in [-0.25, -0.2) is 0 Å². The van der Waals surface area contributed by atoms with Crippen LogP contribution in [0.1, 0.15) is 32.4 Å². The van der Waals surface area contributed by atoms with Crippen LogP contribution in [0.4, 0.5) is 0 Å². The molecule has 3 N–H and O–H groups in total. The van der Waals surface area contributed by atoms with Gasteiger partial charge in [0.2, 0.25) is 0 Å². The summed E-state index contributed by atoms with van der Waals surface area (Å²) in [4.78, 5) is 11.6. The van der Waals surface area contributed by atoms with Crippen LogP contribution >= 0.6 is 6.49 Å². The fourth-order valence-corrected chi connectivity index (χ4v) is 3.65. The van der Waals surface area contributed by atoms with Gasteiger partial charge in [0.1, 0.15) is 6.04 Å². The molecular formula is C18H26NO2PS. The van der Waals surface area contributed by atoms with Crippen LogP contribution in [0.25, 0.3) is 0 Å². The molecule has 2 rings (SSSR count). The quantitative estimate of drug-likeness (QED) is 0.843. The zero-order valence-electron chi connectivity index (χ0n) is 14.0. The first-order valence-corrected chi connectivity index (χ1v) is 10.4. The van der Waals surface area contributed by atoms with Gasteiger partial charge in [0, 0.05) is 24.6 Å². The summed E-state index contributed by atoms with van der Waals surface area (Å²) >= 11 is 4.84. The topological polar surface area (TPSA) is 59.9 Å². The predicted molar refractivity (Wildman–Crippen MR) is 98.9 cm³/mol. The van der Waals surface area contributed by atoms with Crippen LogP contribution in [0, 0.1) is 5.92 Å². The SMILES string of the molecule is CC(C)[C@H]([NH3+])c1ccccc1.CCOP([O-])(=S)c1ccccc1. The zero-order chi connectivity index (χ0) is 17.3. The molecule has 0 saturated heterocycles. The highest BCUT2D eigenvalue weighted by atomic mass is 32.5. The molecule has 2 aromatic carbocycles. The monoisotopic (exact) mass is 351 g/mol. The van der Waals surface area contributed by atoms with E-state index in [1.807, 2.05) is 12.1 Å². The zero-order valence-corrected chi connectivity index (χ0v) is 15.7. The van der Waals surface area contributed by atoms with Crippen molar-refractivity contribution >= 4 is 23.6 Å². The Labute approximate surface area is 144 Å². The van der Waals surface area contributed by atoms with Crippen LogP contribution < -0.4 is 15.9 Å². The Morgan fingerprint density at radius 1 is 1.04 bits per heavy atom. The van der Waals surface area contributed by atoms with Gasteiger partial charge in [0.25, 0.3) is 0 Å². The molecule has 3 nitrogen and oxygen atoms in total. The summed E-state index contributed by atoms with van der Waals surface area (Å²) in [5, 5.41) is 0.599. The first-order chi connectivity index (χ1) is 10.9. The van der Waals surface area contributed by atoms with E-state index in [0.717, 1.165) is 0 Å². The molecule has 126 valence electrons. The third-order valence-corrected chi connectivity index (χ3v) is 5.88. The molecule has 0 fully saturated rings. The van der Waals surface area contributed by atoms with Crippen molar-refractivity contribution in [1.82, 2.24) is 0 Å². The highest BCUT2D eigenvalue weighted by Gasteiger charge is 2.12. The standard InChI is InChI=1S/C10H15N.C8H11O2PS/c1-8(2)10(11)9-6-4-3-5-7-9;1-2-10-11(9,12)8-6-4-3-5-7-8/h3-8,10H,11H2,1-2H3;3-7H,2H2,1H3,(H,9,12)/t10-;/m0./s1. The summed E-state index contributed by atoms with van der Waals surface area (Å²) in [6.45, 7) is 3.60. The van der Waals surface area contributed by atoms with Crippen molar-refractivity contribution in [3.8, 4) is 0 Å². The number of hydrogen-bond donors (Lipinski definition) is 1. The second kappa shape index (κ2) is 9.96. The maximum Gasteiger partial charge on any atom is 0.112 e. The maximum absolute atomic E-state index is 11.6. The van der Waals surface area contributed by atoms with Crippen molar-refractivity contribution in [2.45, 2.75) is 26.8 Å². The molecule has 0 bridgehead atoms. The molecule has 0 radical (unpaired) electrons. The second-order valence-electron chi connectivity index (χ2n) is 5.51. The van der Waals surface area contributed by atoms with E-state index in [1.54, 1.807) is 31.2 Å². The molecule has 1 unspecified atom stereocenters. The lowest BCUT2D eigenvalue weighted by Gasteiger charge is -2.27. The lowest BCUT2D eigenvalue weighted by molar-refractivity contribution is -0.438. The van der Waals surface area contributed by atoms with Crippen molar-refractivity contribution in [3.63, 3.8) is 0 Å². The maximum atomic E-state index is 11.6. The van der Waals surface area contributed by atoms with Crippen molar-refractivity contribution < 1.29 is 15.2 Å². The van der Waals surface area contributed by atoms with Gasteiger partial charge in [-0.15, -0.1) is 0 Å². The van der Waals surface area contributed by atoms with Crippen LogP contribution in [0.5, 0.6) is 0 Å². The van der Waals surface area contributed by atoms with Crippen molar-refractivity contribution in [1.29, 1.82) is 0 Å². The van der Waals surface area contributed by atoms with Gasteiger partial charge in [-0.2, -0.15) is 0 Å². The van der Waals surface area contributed by atoms with E-state index < -0.39 is 6.49 Å². The second-order valence-corrected chi connectivity index (χ2v) is 8.72. The van der Waals surface area contributed by atoms with Crippen LogP contribution in [0.15, 0.2) is 60.7 Å². The third-order valence-electron chi connectivity index (χ3n) is 3.40. The fourth-order valence-electron chi connectivity index (χ4n) is 1.94. The van der Waals surface area contributed by atoms with Gasteiger partial charge in [0.15, 0.2) is 0 Å². The largest absolute Gasteiger partial charge is 0.797 e. The molecule has 0 amide bonds. The number of benzene rings is 2. The summed E-state index contributed by atoms with van der Waals surface area (Å²) in [5.41, 5.74) is 5.44. The number of quaternary nitrogens is 1. The molecule has 2 atom stereocenters. The molecule has 0 aliphatic heterocycles.